The number of amides is 1. The van der Waals surface area contributed by atoms with Gasteiger partial charge in [-0.1, -0.05) is 49.5 Å². The fraction of sp³-hybridized carbons (Fsp3) is 0.286. The number of benzene rings is 1. The zero-order chi connectivity index (χ0) is 13.7. The lowest BCUT2D eigenvalue weighted by atomic mass is 10.2. The summed E-state index contributed by atoms with van der Waals surface area (Å²) in [6.07, 6.45) is 3.97. The van der Waals surface area contributed by atoms with Gasteiger partial charge in [0.25, 0.3) is 5.91 Å². The highest BCUT2D eigenvalue weighted by Crippen LogP contribution is 2.26. The molecule has 0 saturated carbocycles. The SMILES string of the molecule is CCCCOc1cccc(/C=C2/SC(=S)NC2=O)c1. The molecule has 1 aromatic carbocycles. The molecule has 3 nitrogen and oxygen atoms in total. The Hall–Kier alpha value is -1.33. The highest BCUT2D eigenvalue weighted by atomic mass is 32.2. The third-order valence-corrected chi connectivity index (χ3v) is 3.73. The van der Waals surface area contributed by atoms with Crippen LogP contribution in [-0.2, 0) is 4.79 Å². The second-order valence-electron chi connectivity index (χ2n) is 4.13. The molecule has 1 fully saturated rings. The van der Waals surface area contributed by atoms with Crippen LogP contribution >= 0.6 is 24.0 Å². The third kappa shape index (κ3) is 4.08. The first kappa shape index (κ1) is 14.1. The average molecular weight is 293 g/mol. The van der Waals surface area contributed by atoms with E-state index >= 15 is 0 Å². The fourth-order valence-corrected chi connectivity index (χ4v) is 2.65. The van der Waals surface area contributed by atoms with Crippen molar-refractivity contribution in [3.05, 3.63) is 34.7 Å². The van der Waals surface area contributed by atoms with Gasteiger partial charge in [-0.3, -0.25) is 4.79 Å². The summed E-state index contributed by atoms with van der Waals surface area (Å²) in [5.41, 5.74) is 0.941. The van der Waals surface area contributed by atoms with Gasteiger partial charge in [-0.15, -0.1) is 0 Å². The van der Waals surface area contributed by atoms with Crippen LogP contribution in [0.3, 0.4) is 0 Å². The molecule has 1 aliphatic heterocycles. The van der Waals surface area contributed by atoms with Crippen molar-refractivity contribution in [3.63, 3.8) is 0 Å². The molecule has 1 heterocycles. The van der Waals surface area contributed by atoms with Gasteiger partial charge < -0.3 is 10.1 Å². The summed E-state index contributed by atoms with van der Waals surface area (Å²) in [6.45, 7) is 2.85. The Morgan fingerprint density at radius 2 is 2.32 bits per heavy atom. The van der Waals surface area contributed by atoms with Crippen LogP contribution in [0.25, 0.3) is 6.08 Å². The lowest BCUT2D eigenvalue weighted by Crippen LogP contribution is -2.17. The van der Waals surface area contributed by atoms with Crippen molar-refractivity contribution < 1.29 is 9.53 Å². The Balaban J connectivity index is 2.08. The molecule has 0 unspecified atom stereocenters. The van der Waals surface area contributed by atoms with Crippen molar-refractivity contribution in [2.24, 2.45) is 0 Å². The first-order valence-electron chi connectivity index (χ1n) is 6.17. The maximum atomic E-state index is 11.6. The molecule has 1 amide bonds. The molecule has 1 N–H and O–H groups in total. The molecule has 1 aliphatic rings. The summed E-state index contributed by atoms with van der Waals surface area (Å²) in [6, 6.07) is 7.71. The summed E-state index contributed by atoms with van der Waals surface area (Å²) >= 11 is 6.24. The van der Waals surface area contributed by atoms with Crippen LogP contribution in [0, 0.1) is 0 Å². The standard InChI is InChI=1S/C14H15NO2S2/c1-2-3-7-17-11-6-4-5-10(8-11)9-12-13(16)15-14(18)19-12/h4-6,8-9H,2-3,7H2,1H3,(H,15,16,18)/b12-9+. The molecule has 0 aliphatic carbocycles. The zero-order valence-corrected chi connectivity index (χ0v) is 12.3. The number of thiocarbonyl (C=S) groups is 1. The Morgan fingerprint density at radius 3 is 3.00 bits per heavy atom. The number of ether oxygens (including phenoxy) is 1. The van der Waals surface area contributed by atoms with Crippen LogP contribution in [-0.4, -0.2) is 16.8 Å². The van der Waals surface area contributed by atoms with Crippen molar-refractivity contribution >= 4 is 40.3 Å². The Labute approximate surface area is 122 Å². The molecule has 5 heteroatoms. The molecule has 19 heavy (non-hydrogen) atoms. The van der Waals surface area contributed by atoms with E-state index in [4.69, 9.17) is 17.0 Å². The molecule has 0 spiro atoms. The second-order valence-corrected chi connectivity index (χ2v) is 5.85. The van der Waals surface area contributed by atoms with E-state index in [1.54, 1.807) is 0 Å². The van der Waals surface area contributed by atoms with E-state index in [0.29, 0.717) is 9.23 Å². The van der Waals surface area contributed by atoms with Gasteiger partial charge >= 0.3 is 0 Å². The number of unbranched alkanes of at least 4 members (excludes halogenated alkanes) is 1. The Morgan fingerprint density at radius 1 is 1.47 bits per heavy atom. The molecular formula is C14H15NO2S2. The van der Waals surface area contributed by atoms with Gasteiger partial charge in [-0.2, -0.15) is 0 Å². The summed E-state index contributed by atoms with van der Waals surface area (Å²) < 4.78 is 6.14. The molecular weight excluding hydrogens is 278 g/mol. The lowest BCUT2D eigenvalue weighted by molar-refractivity contribution is -0.115. The summed E-state index contributed by atoms with van der Waals surface area (Å²) in [5, 5.41) is 2.60. The van der Waals surface area contributed by atoms with Crippen LogP contribution in [0.5, 0.6) is 5.75 Å². The molecule has 1 aromatic rings. The van der Waals surface area contributed by atoms with E-state index in [-0.39, 0.29) is 5.91 Å². The van der Waals surface area contributed by atoms with E-state index in [2.05, 4.69) is 12.2 Å². The average Bonchev–Trinajstić information content (AvgIpc) is 2.69. The lowest BCUT2D eigenvalue weighted by Gasteiger charge is -2.05. The minimum atomic E-state index is -0.132. The Bertz CT molecular complexity index is 526. The maximum absolute atomic E-state index is 11.6. The highest BCUT2D eigenvalue weighted by molar-refractivity contribution is 8.26. The number of carbonyl (C=O) groups excluding carboxylic acids is 1. The number of carbonyl (C=O) groups is 1. The normalized spacial score (nSPS) is 16.8. The van der Waals surface area contributed by atoms with Gasteiger partial charge in [-0.25, -0.2) is 0 Å². The smallest absolute Gasteiger partial charge is 0.263 e. The largest absolute Gasteiger partial charge is 0.494 e. The van der Waals surface area contributed by atoms with Crippen LogP contribution in [0.15, 0.2) is 29.2 Å². The Kier molecular flexibility index (Phi) is 4.99. The number of hydrogen-bond donors (Lipinski definition) is 1. The van der Waals surface area contributed by atoms with Gasteiger partial charge in [0.2, 0.25) is 0 Å². The topological polar surface area (TPSA) is 38.3 Å². The predicted octanol–water partition coefficient (Wildman–Crippen LogP) is 3.35. The van der Waals surface area contributed by atoms with Gasteiger partial charge in [0.05, 0.1) is 11.5 Å². The minimum absolute atomic E-state index is 0.132. The zero-order valence-electron chi connectivity index (χ0n) is 10.6. The summed E-state index contributed by atoms with van der Waals surface area (Å²) in [5.74, 6) is 0.695. The number of rotatable bonds is 5. The van der Waals surface area contributed by atoms with Crippen molar-refractivity contribution in [3.8, 4) is 5.75 Å². The van der Waals surface area contributed by atoms with Gasteiger partial charge in [0.1, 0.15) is 10.1 Å². The number of hydrogen-bond acceptors (Lipinski definition) is 4. The maximum Gasteiger partial charge on any atom is 0.263 e. The number of thioether (sulfide) groups is 1. The van der Waals surface area contributed by atoms with E-state index in [9.17, 15) is 4.79 Å². The van der Waals surface area contributed by atoms with E-state index < -0.39 is 0 Å². The van der Waals surface area contributed by atoms with Crippen LogP contribution < -0.4 is 10.1 Å². The third-order valence-electron chi connectivity index (χ3n) is 2.56. The number of nitrogens with one attached hydrogen (secondary N) is 1. The van der Waals surface area contributed by atoms with Crippen molar-refractivity contribution in [1.29, 1.82) is 0 Å². The van der Waals surface area contributed by atoms with E-state index in [1.165, 1.54) is 11.8 Å². The van der Waals surface area contributed by atoms with Crippen LogP contribution in [0.4, 0.5) is 0 Å². The molecule has 1 saturated heterocycles. The molecule has 100 valence electrons. The summed E-state index contributed by atoms with van der Waals surface area (Å²) in [7, 11) is 0. The molecule has 0 bridgehead atoms. The first-order chi connectivity index (χ1) is 9.19. The van der Waals surface area contributed by atoms with Gasteiger partial charge in [0.15, 0.2) is 0 Å². The van der Waals surface area contributed by atoms with Gasteiger partial charge in [0, 0.05) is 0 Å². The van der Waals surface area contributed by atoms with Crippen molar-refractivity contribution in [2.75, 3.05) is 6.61 Å². The molecule has 0 aromatic heterocycles. The van der Waals surface area contributed by atoms with Crippen molar-refractivity contribution in [2.45, 2.75) is 19.8 Å². The highest BCUT2D eigenvalue weighted by Gasteiger charge is 2.21. The molecule has 0 radical (unpaired) electrons. The quantitative estimate of drug-likeness (QED) is 0.513. The second kappa shape index (κ2) is 6.73. The van der Waals surface area contributed by atoms with Crippen molar-refractivity contribution in [1.82, 2.24) is 5.32 Å². The minimum Gasteiger partial charge on any atom is -0.494 e. The monoisotopic (exact) mass is 293 g/mol. The van der Waals surface area contributed by atoms with E-state index in [1.807, 2.05) is 30.3 Å². The molecule has 0 atom stereocenters. The van der Waals surface area contributed by atoms with Gasteiger partial charge in [-0.05, 0) is 30.2 Å². The van der Waals surface area contributed by atoms with E-state index in [0.717, 1.165) is 30.8 Å². The summed E-state index contributed by atoms with van der Waals surface area (Å²) in [4.78, 5) is 12.2. The first-order valence-corrected chi connectivity index (χ1v) is 7.39. The molecule has 2 rings (SSSR count). The van der Waals surface area contributed by atoms with Crippen LogP contribution in [0.1, 0.15) is 25.3 Å². The predicted molar refractivity (Wildman–Crippen MR) is 83.2 cm³/mol. The van der Waals surface area contributed by atoms with Crippen LogP contribution in [0.2, 0.25) is 0 Å². The fourth-order valence-electron chi connectivity index (χ4n) is 1.60.